The Hall–Kier alpha value is -2.45. The maximum atomic E-state index is 11.9. The molecule has 1 heterocycles. The van der Waals surface area contributed by atoms with Gasteiger partial charge in [0.1, 0.15) is 11.5 Å². The Morgan fingerprint density at radius 1 is 1.52 bits per heavy atom. The molecule has 108 valence electrons. The zero-order chi connectivity index (χ0) is 15.2. The molecule has 2 rings (SSSR count). The smallest absolute Gasteiger partial charge is 0.261 e. The predicted molar refractivity (Wildman–Crippen MR) is 76.8 cm³/mol. The lowest BCUT2D eigenvalue weighted by Crippen LogP contribution is -2.35. The van der Waals surface area contributed by atoms with E-state index in [-0.39, 0.29) is 5.91 Å². The molecule has 1 N–H and O–H groups in total. The van der Waals surface area contributed by atoms with Crippen molar-refractivity contribution in [2.45, 2.75) is 19.6 Å². The molecule has 1 atom stereocenters. The van der Waals surface area contributed by atoms with Gasteiger partial charge in [-0.05, 0) is 37.3 Å². The van der Waals surface area contributed by atoms with Gasteiger partial charge in [0.15, 0.2) is 6.10 Å². The van der Waals surface area contributed by atoms with Crippen LogP contribution in [-0.2, 0) is 11.3 Å². The Morgan fingerprint density at radius 3 is 2.95 bits per heavy atom. The molecule has 1 aromatic carbocycles. The van der Waals surface area contributed by atoms with E-state index in [9.17, 15) is 4.79 Å². The van der Waals surface area contributed by atoms with Crippen molar-refractivity contribution in [2.75, 3.05) is 0 Å². The van der Waals surface area contributed by atoms with Crippen molar-refractivity contribution in [2.24, 2.45) is 0 Å². The van der Waals surface area contributed by atoms with E-state index < -0.39 is 6.10 Å². The van der Waals surface area contributed by atoms with Crippen molar-refractivity contribution in [3.05, 3.63) is 52.9 Å². The molecule has 0 aliphatic carbocycles. The van der Waals surface area contributed by atoms with Gasteiger partial charge in [0.2, 0.25) is 0 Å². The number of benzene rings is 1. The highest BCUT2D eigenvalue weighted by Crippen LogP contribution is 2.26. The van der Waals surface area contributed by atoms with Crippen molar-refractivity contribution in [3.63, 3.8) is 0 Å². The van der Waals surface area contributed by atoms with Gasteiger partial charge >= 0.3 is 0 Å². The fourth-order valence-electron chi connectivity index (χ4n) is 1.64. The summed E-state index contributed by atoms with van der Waals surface area (Å²) >= 11 is 5.99. The highest BCUT2D eigenvalue weighted by Gasteiger charge is 2.16. The second-order valence-electron chi connectivity index (χ2n) is 4.31. The molecule has 0 aliphatic rings. The summed E-state index contributed by atoms with van der Waals surface area (Å²) < 4.78 is 10.6. The van der Waals surface area contributed by atoms with E-state index in [0.29, 0.717) is 28.6 Å². The lowest BCUT2D eigenvalue weighted by Gasteiger charge is -2.15. The lowest BCUT2D eigenvalue weighted by molar-refractivity contribution is -0.127. The van der Waals surface area contributed by atoms with Crippen LogP contribution in [0.3, 0.4) is 0 Å². The van der Waals surface area contributed by atoms with E-state index in [2.05, 4.69) is 5.32 Å². The van der Waals surface area contributed by atoms with Crippen molar-refractivity contribution >= 4 is 17.5 Å². The van der Waals surface area contributed by atoms with Gasteiger partial charge in [-0.1, -0.05) is 11.6 Å². The molecule has 0 unspecified atom stereocenters. The maximum absolute atomic E-state index is 11.9. The van der Waals surface area contributed by atoms with Crippen LogP contribution in [0, 0.1) is 11.3 Å². The number of amides is 1. The standard InChI is InChI=1S/C15H13ClN2O3/c1-10(15(19)18-9-12-3-2-6-20-12)21-14-5-4-11(8-17)7-13(14)16/h2-7,10H,9H2,1H3,(H,18,19)/t10-/m1/s1. The Labute approximate surface area is 127 Å². The Kier molecular flexibility index (Phi) is 4.85. The van der Waals surface area contributed by atoms with Crippen molar-refractivity contribution < 1.29 is 13.9 Å². The van der Waals surface area contributed by atoms with Crippen LogP contribution in [-0.4, -0.2) is 12.0 Å². The maximum Gasteiger partial charge on any atom is 0.261 e. The minimum Gasteiger partial charge on any atom is -0.479 e. The second-order valence-corrected chi connectivity index (χ2v) is 4.72. The van der Waals surface area contributed by atoms with E-state index in [4.69, 9.17) is 26.0 Å². The predicted octanol–water partition coefficient (Wildman–Crippen LogP) is 2.89. The molecule has 0 saturated carbocycles. The van der Waals surface area contributed by atoms with Crippen LogP contribution in [0.15, 0.2) is 41.0 Å². The van der Waals surface area contributed by atoms with Crippen LogP contribution in [0.2, 0.25) is 5.02 Å². The number of nitriles is 1. The summed E-state index contributed by atoms with van der Waals surface area (Å²) in [6, 6.07) is 10.1. The zero-order valence-corrected chi connectivity index (χ0v) is 12.1. The highest BCUT2D eigenvalue weighted by molar-refractivity contribution is 6.32. The summed E-state index contributed by atoms with van der Waals surface area (Å²) in [4.78, 5) is 11.9. The monoisotopic (exact) mass is 304 g/mol. The van der Waals surface area contributed by atoms with Crippen molar-refractivity contribution in [3.8, 4) is 11.8 Å². The fraction of sp³-hybridized carbons (Fsp3) is 0.200. The summed E-state index contributed by atoms with van der Waals surface area (Å²) in [7, 11) is 0. The van der Waals surface area contributed by atoms with E-state index in [0.717, 1.165) is 0 Å². The molecular formula is C15H13ClN2O3. The molecule has 0 saturated heterocycles. The van der Waals surface area contributed by atoms with E-state index in [1.807, 2.05) is 6.07 Å². The molecule has 21 heavy (non-hydrogen) atoms. The lowest BCUT2D eigenvalue weighted by atomic mass is 10.2. The largest absolute Gasteiger partial charge is 0.479 e. The van der Waals surface area contributed by atoms with Crippen molar-refractivity contribution in [1.29, 1.82) is 5.26 Å². The van der Waals surface area contributed by atoms with Gasteiger partial charge in [-0.3, -0.25) is 4.79 Å². The van der Waals surface area contributed by atoms with Gasteiger partial charge < -0.3 is 14.5 Å². The first-order chi connectivity index (χ1) is 10.1. The van der Waals surface area contributed by atoms with Crippen LogP contribution < -0.4 is 10.1 Å². The third kappa shape index (κ3) is 4.01. The van der Waals surface area contributed by atoms with Crippen LogP contribution in [0.5, 0.6) is 5.75 Å². The third-order valence-corrected chi connectivity index (χ3v) is 3.05. The molecule has 2 aromatic rings. The number of nitrogens with one attached hydrogen (secondary N) is 1. The molecule has 6 heteroatoms. The van der Waals surface area contributed by atoms with Gasteiger partial charge in [0.05, 0.1) is 29.5 Å². The van der Waals surface area contributed by atoms with Crippen molar-refractivity contribution in [1.82, 2.24) is 5.32 Å². The molecule has 0 fully saturated rings. The van der Waals surface area contributed by atoms with Gasteiger partial charge in [0, 0.05) is 0 Å². The quantitative estimate of drug-likeness (QED) is 0.921. The molecule has 0 radical (unpaired) electrons. The minimum atomic E-state index is -0.717. The number of hydrogen-bond acceptors (Lipinski definition) is 4. The SMILES string of the molecule is C[C@@H](Oc1ccc(C#N)cc1Cl)C(=O)NCc1ccco1. The van der Waals surface area contributed by atoms with Crippen LogP contribution in [0.25, 0.3) is 0 Å². The van der Waals surface area contributed by atoms with Gasteiger partial charge in [-0.25, -0.2) is 0 Å². The summed E-state index contributed by atoms with van der Waals surface area (Å²) in [5.74, 6) is 0.732. The van der Waals surface area contributed by atoms with Gasteiger partial charge in [-0.15, -0.1) is 0 Å². The van der Waals surface area contributed by atoms with Crippen LogP contribution in [0.1, 0.15) is 18.2 Å². The van der Waals surface area contributed by atoms with Crippen LogP contribution >= 0.6 is 11.6 Å². The Bertz CT molecular complexity index is 662. The first-order valence-electron chi connectivity index (χ1n) is 6.26. The number of ether oxygens (including phenoxy) is 1. The summed E-state index contributed by atoms with van der Waals surface area (Å²) in [5, 5.41) is 11.7. The first kappa shape index (κ1) is 14.9. The number of carbonyl (C=O) groups excluding carboxylic acids is 1. The number of rotatable bonds is 5. The first-order valence-corrected chi connectivity index (χ1v) is 6.64. The molecule has 0 aliphatic heterocycles. The van der Waals surface area contributed by atoms with E-state index in [1.165, 1.54) is 12.3 Å². The summed E-state index contributed by atoms with van der Waals surface area (Å²) in [6.45, 7) is 1.91. The topological polar surface area (TPSA) is 75.3 Å². The normalized spacial score (nSPS) is 11.5. The average Bonchev–Trinajstić information content (AvgIpc) is 3.00. The molecule has 0 bridgehead atoms. The second kappa shape index (κ2) is 6.82. The summed E-state index contributed by atoms with van der Waals surface area (Å²) in [6.07, 6.45) is 0.822. The Balaban J connectivity index is 1.93. The van der Waals surface area contributed by atoms with Gasteiger partial charge in [0.25, 0.3) is 5.91 Å². The third-order valence-electron chi connectivity index (χ3n) is 2.75. The molecular weight excluding hydrogens is 292 g/mol. The van der Waals surface area contributed by atoms with E-state index in [1.54, 1.807) is 31.2 Å². The zero-order valence-electron chi connectivity index (χ0n) is 11.3. The summed E-state index contributed by atoms with van der Waals surface area (Å²) in [5.41, 5.74) is 0.433. The number of hydrogen-bond donors (Lipinski definition) is 1. The molecule has 5 nitrogen and oxygen atoms in total. The number of carbonyl (C=O) groups is 1. The Morgan fingerprint density at radius 2 is 2.33 bits per heavy atom. The average molecular weight is 305 g/mol. The number of halogens is 1. The fourth-order valence-corrected chi connectivity index (χ4v) is 1.87. The molecule has 1 amide bonds. The molecule has 0 spiro atoms. The van der Waals surface area contributed by atoms with E-state index >= 15 is 0 Å². The van der Waals surface area contributed by atoms with Crippen LogP contribution in [0.4, 0.5) is 0 Å². The number of nitrogens with zero attached hydrogens (tertiary/aromatic N) is 1. The van der Waals surface area contributed by atoms with Gasteiger partial charge in [-0.2, -0.15) is 5.26 Å². The molecule has 1 aromatic heterocycles. The minimum absolute atomic E-state index is 0.285. The number of furan rings is 1. The highest BCUT2D eigenvalue weighted by atomic mass is 35.5.